The van der Waals surface area contributed by atoms with E-state index in [1.165, 1.54) is 22.5 Å². The molecule has 172 valence electrons. The Hall–Kier alpha value is -2.74. The average Bonchev–Trinajstić information content (AvgIpc) is 2.79. The largest absolute Gasteiger partial charge is 0.352 e. The molecule has 3 aromatic rings. The lowest BCUT2D eigenvalue weighted by molar-refractivity contribution is -0.122. The quantitative estimate of drug-likeness (QED) is 0.545. The molecule has 1 N–H and O–H groups in total. The van der Waals surface area contributed by atoms with Gasteiger partial charge in [-0.3, -0.25) is 4.79 Å². The summed E-state index contributed by atoms with van der Waals surface area (Å²) in [7, 11) is -3.80. The second-order valence-corrected chi connectivity index (χ2v) is 10.4. The minimum atomic E-state index is -3.80. The minimum absolute atomic E-state index is 0.0408. The summed E-state index contributed by atoms with van der Waals surface area (Å²) in [5.74, 6) is -0.771. The number of hydrogen-bond acceptors (Lipinski definition) is 3. The molecular weight excluding hydrogens is 463 g/mol. The molecular formula is C25H24ClFN2O3S. The SMILES string of the molecule is Cc1ccc(S(=O)(=O)N2CCc3ccccc3[C@@H]2CC(=O)NCc2ccc(F)cc2Cl)cc1. The number of halogens is 2. The highest BCUT2D eigenvalue weighted by Gasteiger charge is 2.37. The molecule has 1 amide bonds. The van der Waals surface area contributed by atoms with E-state index in [1.54, 1.807) is 24.3 Å². The van der Waals surface area contributed by atoms with Gasteiger partial charge in [0.25, 0.3) is 0 Å². The summed E-state index contributed by atoms with van der Waals surface area (Å²) in [6.45, 7) is 2.31. The van der Waals surface area contributed by atoms with E-state index in [0.717, 1.165) is 16.7 Å². The highest BCUT2D eigenvalue weighted by atomic mass is 35.5. The van der Waals surface area contributed by atoms with E-state index in [9.17, 15) is 17.6 Å². The van der Waals surface area contributed by atoms with Gasteiger partial charge in [0.2, 0.25) is 15.9 Å². The van der Waals surface area contributed by atoms with Crippen molar-refractivity contribution in [3.63, 3.8) is 0 Å². The summed E-state index contributed by atoms with van der Waals surface area (Å²) >= 11 is 6.05. The van der Waals surface area contributed by atoms with Crippen molar-refractivity contribution in [2.75, 3.05) is 6.54 Å². The van der Waals surface area contributed by atoms with Gasteiger partial charge in [0.1, 0.15) is 5.82 Å². The fourth-order valence-corrected chi connectivity index (χ4v) is 5.92. The number of hydrogen-bond donors (Lipinski definition) is 1. The molecule has 0 fully saturated rings. The fourth-order valence-electron chi connectivity index (χ4n) is 4.08. The summed E-state index contributed by atoms with van der Waals surface area (Å²) in [5, 5.41) is 3.01. The molecule has 1 atom stereocenters. The molecule has 5 nitrogen and oxygen atoms in total. The highest BCUT2D eigenvalue weighted by molar-refractivity contribution is 7.89. The lowest BCUT2D eigenvalue weighted by Gasteiger charge is -2.36. The number of fused-ring (bicyclic) bond motifs is 1. The molecule has 0 radical (unpaired) electrons. The molecule has 1 heterocycles. The van der Waals surface area contributed by atoms with Crippen molar-refractivity contribution in [1.82, 2.24) is 9.62 Å². The van der Waals surface area contributed by atoms with Crippen LogP contribution >= 0.6 is 11.6 Å². The Labute approximate surface area is 198 Å². The number of sulfonamides is 1. The average molecular weight is 487 g/mol. The lowest BCUT2D eigenvalue weighted by atomic mass is 9.92. The van der Waals surface area contributed by atoms with Crippen LogP contribution in [0.2, 0.25) is 5.02 Å². The third-order valence-corrected chi connectivity index (χ3v) is 8.13. The number of carbonyl (C=O) groups is 1. The maximum Gasteiger partial charge on any atom is 0.243 e. The Balaban J connectivity index is 1.59. The van der Waals surface area contributed by atoms with Gasteiger partial charge in [0.15, 0.2) is 0 Å². The number of carbonyl (C=O) groups excluding carboxylic acids is 1. The van der Waals surface area contributed by atoms with Crippen molar-refractivity contribution in [1.29, 1.82) is 0 Å². The van der Waals surface area contributed by atoms with Crippen molar-refractivity contribution in [3.8, 4) is 0 Å². The maximum absolute atomic E-state index is 13.5. The molecule has 0 bridgehead atoms. The molecule has 0 saturated carbocycles. The maximum atomic E-state index is 13.5. The Kier molecular flexibility index (Phi) is 6.83. The summed E-state index contributed by atoms with van der Waals surface area (Å²) in [6.07, 6.45) is 0.533. The van der Waals surface area contributed by atoms with Crippen molar-refractivity contribution in [2.45, 2.75) is 37.2 Å². The van der Waals surface area contributed by atoms with Gasteiger partial charge in [-0.1, -0.05) is 59.6 Å². The number of aryl methyl sites for hydroxylation is 1. The molecule has 4 rings (SSSR count). The number of nitrogens with one attached hydrogen (secondary N) is 1. The van der Waals surface area contributed by atoms with E-state index in [2.05, 4.69) is 5.32 Å². The zero-order chi connectivity index (χ0) is 23.6. The standard InChI is InChI=1S/C25H24ClFN2O3S/c1-17-6-10-21(11-7-17)33(31,32)29-13-12-18-4-2-3-5-22(18)24(29)15-25(30)28-16-19-8-9-20(27)14-23(19)26/h2-11,14,24H,12-13,15-16H2,1H3,(H,28,30)/t24-/m0/s1. The first kappa shape index (κ1) is 23.4. The molecule has 0 unspecified atom stereocenters. The van der Waals surface area contributed by atoms with Gasteiger partial charge in [-0.05, 0) is 54.3 Å². The predicted octanol–water partition coefficient (Wildman–Crippen LogP) is 4.78. The van der Waals surface area contributed by atoms with Crippen LogP contribution in [-0.2, 0) is 27.8 Å². The molecule has 0 saturated heterocycles. The van der Waals surface area contributed by atoms with Crippen LogP contribution in [0.1, 0.15) is 34.7 Å². The minimum Gasteiger partial charge on any atom is -0.352 e. The molecule has 3 aromatic carbocycles. The van der Waals surface area contributed by atoms with Crippen molar-refractivity contribution in [2.24, 2.45) is 0 Å². The van der Waals surface area contributed by atoms with Crippen LogP contribution < -0.4 is 5.32 Å². The number of benzene rings is 3. The molecule has 8 heteroatoms. The van der Waals surface area contributed by atoms with E-state index < -0.39 is 21.9 Å². The Bertz CT molecular complexity index is 1280. The van der Waals surface area contributed by atoms with Gasteiger partial charge in [0, 0.05) is 24.5 Å². The molecule has 0 aromatic heterocycles. The van der Waals surface area contributed by atoms with Gasteiger partial charge in [-0.25, -0.2) is 12.8 Å². The third kappa shape index (κ3) is 5.11. The summed E-state index contributed by atoms with van der Waals surface area (Å²) in [4.78, 5) is 13.1. The number of rotatable bonds is 6. The van der Waals surface area contributed by atoms with Gasteiger partial charge in [-0.2, -0.15) is 4.31 Å². The van der Waals surface area contributed by atoms with Crippen LogP contribution in [0.5, 0.6) is 0 Å². The van der Waals surface area contributed by atoms with E-state index in [1.807, 2.05) is 31.2 Å². The van der Waals surface area contributed by atoms with Gasteiger partial charge in [0.05, 0.1) is 10.9 Å². The zero-order valence-electron chi connectivity index (χ0n) is 18.1. The first-order valence-electron chi connectivity index (χ1n) is 10.6. The summed E-state index contributed by atoms with van der Waals surface area (Å²) < 4.78 is 41.7. The van der Waals surface area contributed by atoms with E-state index >= 15 is 0 Å². The van der Waals surface area contributed by atoms with Crippen LogP contribution in [0.15, 0.2) is 71.6 Å². The molecule has 33 heavy (non-hydrogen) atoms. The monoisotopic (exact) mass is 486 g/mol. The molecule has 1 aliphatic heterocycles. The van der Waals surface area contributed by atoms with Gasteiger partial charge in [-0.15, -0.1) is 0 Å². The third-order valence-electron chi connectivity index (χ3n) is 5.86. The van der Waals surface area contributed by atoms with Crippen LogP contribution in [0.25, 0.3) is 0 Å². The smallest absolute Gasteiger partial charge is 0.243 e. The number of amides is 1. The summed E-state index contributed by atoms with van der Waals surface area (Å²) in [6, 6.07) is 17.7. The molecule has 1 aliphatic rings. The summed E-state index contributed by atoms with van der Waals surface area (Å²) in [5.41, 5.74) is 3.41. The first-order valence-corrected chi connectivity index (χ1v) is 12.4. The Morgan fingerprint density at radius 2 is 1.85 bits per heavy atom. The first-order chi connectivity index (χ1) is 15.8. The lowest BCUT2D eigenvalue weighted by Crippen LogP contribution is -2.42. The van der Waals surface area contributed by atoms with Crippen LogP contribution in [-0.4, -0.2) is 25.2 Å². The second-order valence-electron chi connectivity index (χ2n) is 8.11. The topological polar surface area (TPSA) is 66.5 Å². The Morgan fingerprint density at radius 1 is 1.12 bits per heavy atom. The van der Waals surface area contributed by atoms with Crippen molar-refractivity contribution >= 4 is 27.5 Å². The van der Waals surface area contributed by atoms with Gasteiger partial charge >= 0.3 is 0 Å². The van der Waals surface area contributed by atoms with Gasteiger partial charge < -0.3 is 5.32 Å². The highest BCUT2D eigenvalue weighted by Crippen LogP contribution is 2.36. The number of nitrogens with zero attached hydrogens (tertiary/aromatic N) is 1. The molecule has 0 spiro atoms. The normalized spacial score (nSPS) is 16.3. The van der Waals surface area contributed by atoms with Crippen LogP contribution in [0.4, 0.5) is 4.39 Å². The predicted molar refractivity (Wildman–Crippen MR) is 126 cm³/mol. The van der Waals surface area contributed by atoms with Crippen LogP contribution in [0, 0.1) is 12.7 Å². The van der Waals surface area contributed by atoms with Crippen molar-refractivity contribution < 1.29 is 17.6 Å². The fraction of sp³-hybridized carbons (Fsp3) is 0.240. The zero-order valence-corrected chi connectivity index (χ0v) is 19.7. The van der Waals surface area contributed by atoms with E-state index in [4.69, 9.17) is 11.6 Å². The van der Waals surface area contributed by atoms with E-state index in [0.29, 0.717) is 12.0 Å². The van der Waals surface area contributed by atoms with Crippen LogP contribution in [0.3, 0.4) is 0 Å². The second kappa shape index (κ2) is 9.63. The van der Waals surface area contributed by atoms with Crippen molar-refractivity contribution in [3.05, 3.63) is 99.8 Å². The van der Waals surface area contributed by atoms with E-state index in [-0.39, 0.29) is 35.3 Å². The Morgan fingerprint density at radius 3 is 2.58 bits per heavy atom. The molecule has 0 aliphatic carbocycles.